The average molecular weight is 395 g/mol. The number of carbonyl (C=O) groups is 3. The molecule has 4 amide bonds. The molecule has 150 valence electrons. The largest absolute Gasteiger partial charge is 0.486 e. The first-order chi connectivity index (χ1) is 14.0. The van der Waals surface area contributed by atoms with Gasteiger partial charge in [0.2, 0.25) is 5.91 Å². The Morgan fingerprint density at radius 1 is 1.10 bits per heavy atom. The van der Waals surface area contributed by atoms with Gasteiger partial charge in [-0.2, -0.15) is 0 Å². The van der Waals surface area contributed by atoms with Crippen LogP contribution in [0.4, 0.5) is 10.5 Å². The fourth-order valence-corrected chi connectivity index (χ4v) is 3.60. The van der Waals surface area contributed by atoms with Gasteiger partial charge in [-0.25, -0.2) is 4.79 Å². The zero-order valence-corrected chi connectivity index (χ0v) is 15.9. The van der Waals surface area contributed by atoms with Gasteiger partial charge in [-0.1, -0.05) is 37.3 Å². The average Bonchev–Trinajstić information content (AvgIpc) is 2.99. The monoisotopic (exact) mass is 395 g/mol. The van der Waals surface area contributed by atoms with E-state index in [1.165, 1.54) is 0 Å². The fourth-order valence-electron chi connectivity index (χ4n) is 3.60. The molecule has 2 aliphatic heterocycles. The molecule has 1 atom stereocenters. The summed E-state index contributed by atoms with van der Waals surface area (Å²) in [6, 6.07) is 13.5. The number of ether oxygens (including phenoxy) is 2. The van der Waals surface area contributed by atoms with Crippen LogP contribution >= 0.6 is 0 Å². The van der Waals surface area contributed by atoms with E-state index in [4.69, 9.17) is 9.47 Å². The van der Waals surface area contributed by atoms with Gasteiger partial charge in [0.15, 0.2) is 11.5 Å². The summed E-state index contributed by atoms with van der Waals surface area (Å²) < 4.78 is 11.0. The van der Waals surface area contributed by atoms with Crippen LogP contribution in [0, 0.1) is 0 Å². The molecule has 0 spiro atoms. The number of nitrogens with zero attached hydrogens (tertiary/aromatic N) is 1. The molecule has 1 saturated heterocycles. The third-order valence-electron chi connectivity index (χ3n) is 5.10. The van der Waals surface area contributed by atoms with Gasteiger partial charge in [0.1, 0.15) is 25.3 Å². The number of hydrogen-bond donors (Lipinski definition) is 2. The summed E-state index contributed by atoms with van der Waals surface area (Å²) in [6.07, 6.45) is 0.377. The van der Waals surface area contributed by atoms with Gasteiger partial charge in [0.05, 0.1) is 0 Å². The standard InChI is InChI=1S/C21H21N3O5/c1-2-21(14-6-4-3-5-7-14)19(26)24(20(27)23-21)13-18(25)22-15-8-9-16-17(12-15)29-11-10-28-16/h3-9,12H,2,10-11,13H2,1H3,(H,22,25)(H,23,27)/t21-/m1/s1. The highest BCUT2D eigenvalue weighted by molar-refractivity contribution is 6.10. The smallest absolute Gasteiger partial charge is 0.325 e. The lowest BCUT2D eigenvalue weighted by atomic mass is 9.87. The zero-order valence-electron chi connectivity index (χ0n) is 15.9. The summed E-state index contributed by atoms with van der Waals surface area (Å²) in [5.74, 6) is 0.232. The molecule has 0 aliphatic carbocycles. The first-order valence-corrected chi connectivity index (χ1v) is 9.42. The van der Waals surface area contributed by atoms with Crippen molar-refractivity contribution >= 4 is 23.5 Å². The third kappa shape index (κ3) is 3.37. The molecule has 8 nitrogen and oxygen atoms in total. The van der Waals surface area contributed by atoms with Crippen LogP contribution in [0.3, 0.4) is 0 Å². The van der Waals surface area contributed by atoms with Crippen LogP contribution in [0.15, 0.2) is 48.5 Å². The SMILES string of the molecule is CC[C@]1(c2ccccc2)NC(=O)N(CC(=O)Nc2ccc3c(c2)OCCO3)C1=O. The predicted octanol–water partition coefficient (Wildman–Crippen LogP) is 2.25. The number of benzene rings is 2. The van der Waals surface area contributed by atoms with Gasteiger partial charge in [-0.05, 0) is 24.1 Å². The minimum Gasteiger partial charge on any atom is -0.486 e. The minimum absolute atomic E-state index is 0.377. The minimum atomic E-state index is -1.16. The Balaban J connectivity index is 1.48. The van der Waals surface area contributed by atoms with Crippen molar-refractivity contribution < 1.29 is 23.9 Å². The van der Waals surface area contributed by atoms with E-state index in [1.54, 1.807) is 30.3 Å². The number of imide groups is 1. The van der Waals surface area contributed by atoms with E-state index >= 15 is 0 Å². The molecule has 0 unspecified atom stereocenters. The molecule has 2 N–H and O–H groups in total. The number of anilines is 1. The normalized spacial score (nSPS) is 20.4. The summed E-state index contributed by atoms with van der Waals surface area (Å²) in [5, 5.41) is 5.46. The Bertz CT molecular complexity index is 962. The lowest BCUT2D eigenvalue weighted by molar-refractivity contribution is -0.134. The number of urea groups is 1. The predicted molar refractivity (Wildman–Crippen MR) is 105 cm³/mol. The molecule has 29 heavy (non-hydrogen) atoms. The first-order valence-electron chi connectivity index (χ1n) is 9.42. The number of amides is 4. The highest BCUT2D eigenvalue weighted by Gasteiger charge is 2.51. The van der Waals surface area contributed by atoms with Gasteiger partial charge in [-0.15, -0.1) is 0 Å². The van der Waals surface area contributed by atoms with E-state index in [-0.39, 0.29) is 6.54 Å². The van der Waals surface area contributed by atoms with Crippen LogP contribution in [0.2, 0.25) is 0 Å². The maximum atomic E-state index is 13.1. The van der Waals surface area contributed by atoms with Gasteiger partial charge in [0, 0.05) is 11.8 Å². The van der Waals surface area contributed by atoms with Crippen molar-refractivity contribution in [1.82, 2.24) is 10.2 Å². The Morgan fingerprint density at radius 2 is 1.83 bits per heavy atom. The van der Waals surface area contributed by atoms with Crippen molar-refractivity contribution in [1.29, 1.82) is 0 Å². The molecule has 2 aliphatic rings. The maximum Gasteiger partial charge on any atom is 0.325 e. The molecule has 2 heterocycles. The molecule has 0 saturated carbocycles. The van der Waals surface area contributed by atoms with Gasteiger partial charge < -0.3 is 20.1 Å². The van der Waals surface area contributed by atoms with Crippen LogP contribution in [0.25, 0.3) is 0 Å². The van der Waals surface area contributed by atoms with E-state index < -0.39 is 23.4 Å². The number of hydrogen-bond acceptors (Lipinski definition) is 5. The van der Waals surface area contributed by atoms with Crippen LogP contribution in [-0.2, 0) is 15.1 Å². The van der Waals surface area contributed by atoms with Crippen LogP contribution in [0.1, 0.15) is 18.9 Å². The van der Waals surface area contributed by atoms with E-state index in [1.807, 2.05) is 25.1 Å². The second-order valence-electron chi connectivity index (χ2n) is 6.85. The second-order valence-corrected chi connectivity index (χ2v) is 6.85. The van der Waals surface area contributed by atoms with Crippen LogP contribution < -0.4 is 20.1 Å². The van der Waals surface area contributed by atoms with Gasteiger partial charge >= 0.3 is 6.03 Å². The Labute approximate surface area is 167 Å². The molecule has 2 aromatic carbocycles. The van der Waals surface area contributed by atoms with E-state index in [0.717, 1.165) is 4.90 Å². The maximum absolute atomic E-state index is 13.1. The Kier molecular flexibility index (Phi) is 4.84. The lowest BCUT2D eigenvalue weighted by Gasteiger charge is -2.25. The molecule has 0 aromatic heterocycles. The van der Waals surface area contributed by atoms with E-state index in [0.29, 0.717) is 42.4 Å². The number of carbonyl (C=O) groups excluding carboxylic acids is 3. The van der Waals surface area contributed by atoms with Crippen molar-refractivity contribution in [3.63, 3.8) is 0 Å². The summed E-state index contributed by atoms with van der Waals surface area (Å²) in [5.41, 5.74) is 0.0296. The number of nitrogens with one attached hydrogen (secondary N) is 2. The van der Waals surface area contributed by atoms with E-state index in [9.17, 15) is 14.4 Å². The summed E-state index contributed by atoms with van der Waals surface area (Å²) in [7, 11) is 0. The van der Waals surface area contributed by atoms with Crippen LogP contribution in [-0.4, -0.2) is 42.5 Å². The zero-order chi connectivity index (χ0) is 20.4. The molecule has 8 heteroatoms. The van der Waals surface area contributed by atoms with Crippen LogP contribution in [0.5, 0.6) is 11.5 Å². The molecule has 4 rings (SSSR count). The van der Waals surface area contributed by atoms with Gasteiger partial charge in [-0.3, -0.25) is 14.5 Å². The molecule has 1 fully saturated rings. The third-order valence-corrected chi connectivity index (χ3v) is 5.10. The van der Waals surface area contributed by atoms with Crippen molar-refractivity contribution in [2.24, 2.45) is 0 Å². The van der Waals surface area contributed by atoms with Crippen molar-refractivity contribution in [3.8, 4) is 11.5 Å². The van der Waals surface area contributed by atoms with Crippen molar-refractivity contribution in [2.75, 3.05) is 25.1 Å². The Morgan fingerprint density at radius 3 is 2.55 bits per heavy atom. The quantitative estimate of drug-likeness (QED) is 0.757. The molecule has 0 radical (unpaired) electrons. The molecule has 2 aromatic rings. The first kappa shape index (κ1) is 18.8. The fraction of sp³-hybridized carbons (Fsp3) is 0.286. The van der Waals surface area contributed by atoms with Crippen molar-refractivity contribution in [3.05, 3.63) is 54.1 Å². The molecular formula is C21H21N3O5. The Hall–Kier alpha value is -3.55. The number of rotatable bonds is 5. The lowest BCUT2D eigenvalue weighted by Crippen LogP contribution is -2.44. The van der Waals surface area contributed by atoms with E-state index in [2.05, 4.69) is 10.6 Å². The summed E-state index contributed by atoms with van der Waals surface area (Å²) >= 11 is 0. The van der Waals surface area contributed by atoms with Gasteiger partial charge in [0.25, 0.3) is 5.91 Å². The summed E-state index contributed by atoms with van der Waals surface area (Å²) in [4.78, 5) is 39.0. The topological polar surface area (TPSA) is 97.0 Å². The number of fused-ring (bicyclic) bond motifs is 1. The highest BCUT2D eigenvalue weighted by Crippen LogP contribution is 2.34. The second kappa shape index (κ2) is 7.46. The van der Waals surface area contributed by atoms with Crippen molar-refractivity contribution in [2.45, 2.75) is 18.9 Å². The molecule has 0 bridgehead atoms. The summed E-state index contributed by atoms with van der Waals surface area (Å²) in [6.45, 7) is 2.36. The molecular weight excluding hydrogens is 374 g/mol. The highest BCUT2D eigenvalue weighted by atomic mass is 16.6.